The van der Waals surface area contributed by atoms with E-state index < -0.39 is 0 Å². The maximum atomic E-state index is 6.70. The molecule has 5 nitrogen and oxygen atoms in total. The molecule has 0 fully saturated rings. The van der Waals surface area contributed by atoms with E-state index in [1.165, 1.54) is 20.2 Å². The Morgan fingerprint density at radius 1 is 0.333 bits per heavy atom. The van der Waals surface area contributed by atoms with E-state index >= 15 is 0 Å². The maximum absolute atomic E-state index is 6.70. The lowest BCUT2D eigenvalue weighted by Crippen LogP contribution is -2.00. The standard InChI is InChI=1S/C51H29N3O2S/c1-2-11-31(12-3-1)49-52-50(54-51(53-49)40-16-10-19-43-46(40)38-14-4-7-17-41(38)55-43)32-23-21-30(22-24-32)34-27-28-35(48-47(34)39-15-5-8-18-42(39)56-48)33-25-26-37-36-13-6-9-20-44(36)57-45(37)29-33/h1-29H. The third-order valence-electron chi connectivity index (χ3n) is 11.0. The van der Waals surface area contributed by atoms with Crippen LogP contribution < -0.4 is 0 Å². The zero-order valence-electron chi connectivity index (χ0n) is 30.3. The third-order valence-corrected chi connectivity index (χ3v) is 12.1. The van der Waals surface area contributed by atoms with Crippen LogP contribution >= 0.6 is 11.3 Å². The Hall–Kier alpha value is -7.41. The number of benzene rings is 8. The Balaban J connectivity index is 0.994. The fraction of sp³-hybridized carbons (Fsp3) is 0. The first-order valence-electron chi connectivity index (χ1n) is 18.9. The quantitative estimate of drug-likeness (QED) is 0.175. The van der Waals surface area contributed by atoms with Crippen LogP contribution in [-0.4, -0.2) is 15.0 Å². The number of furan rings is 2. The van der Waals surface area contributed by atoms with Crippen LogP contribution in [0.5, 0.6) is 0 Å². The summed E-state index contributed by atoms with van der Waals surface area (Å²) in [5.74, 6) is 1.80. The minimum absolute atomic E-state index is 0.594. The van der Waals surface area contributed by atoms with Gasteiger partial charge in [-0.2, -0.15) is 0 Å². The molecule has 0 atom stereocenters. The van der Waals surface area contributed by atoms with Crippen LogP contribution in [0.2, 0.25) is 0 Å². The second-order valence-corrected chi connectivity index (χ2v) is 15.4. The SMILES string of the molecule is c1ccc(-c2nc(-c3ccc(-c4ccc(-c5ccc6c(c5)sc5ccccc56)c5oc6ccccc6c45)cc3)nc(-c3cccc4oc5ccccc5c34)n2)cc1. The summed E-state index contributed by atoms with van der Waals surface area (Å²) in [5.41, 5.74) is 10.5. The van der Waals surface area contributed by atoms with Crippen LogP contribution in [0.3, 0.4) is 0 Å². The van der Waals surface area contributed by atoms with Crippen LogP contribution in [0.15, 0.2) is 185 Å². The highest BCUT2D eigenvalue weighted by Crippen LogP contribution is 2.44. The third kappa shape index (κ3) is 5.12. The number of thiophene rings is 1. The van der Waals surface area contributed by atoms with E-state index in [9.17, 15) is 0 Å². The van der Waals surface area contributed by atoms with Crippen molar-refractivity contribution in [3.63, 3.8) is 0 Å². The fourth-order valence-electron chi connectivity index (χ4n) is 8.29. The van der Waals surface area contributed by atoms with E-state index in [1.807, 2.05) is 78.1 Å². The van der Waals surface area contributed by atoms with Gasteiger partial charge in [-0.3, -0.25) is 0 Å². The molecule has 0 spiro atoms. The molecule has 12 aromatic rings. The summed E-state index contributed by atoms with van der Waals surface area (Å²) >= 11 is 1.83. The minimum Gasteiger partial charge on any atom is -0.456 e. The van der Waals surface area contributed by atoms with Gasteiger partial charge in [-0.25, -0.2) is 15.0 Å². The Morgan fingerprint density at radius 3 is 1.72 bits per heavy atom. The number of aromatic nitrogens is 3. The van der Waals surface area contributed by atoms with Crippen molar-refractivity contribution in [3.05, 3.63) is 176 Å². The number of hydrogen-bond donors (Lipinski definition) is 0. The summed E-state index contributed by atoms with van der Waals surface area (Å²) in [4.78, 5) is 15.2. The Labute approximate surface area is 330 Å². The predicted octanol–water partition coefficient (Wildman–Crippen LogP) is 14.4. The first kappa shape index (κ1) is 31.9. The molecule has 0 N–H and O–H groups in total. The number of rotatable bonds is 5. The van der Waals surface area contributed by atoms with Gasteiger partial charge >= 0.3 is 0 Å². The van der Waals surface area contributed by atoms with E-state index in [0.29, 0.717) is 17.5 Å². The van der Waals surface area contributed by atoms with Gasteiger partial charge in [0, 0.05) is 64.0 Å². The number of hydrogen-bond acceptors (Lipinski definition) is 6. The second kappa shape index (κ2) is 12.6. The van der Waals surface area contributed by atoms with Crippen LogP contribution in [0, 0.1) is 0 Å². The molecule has 4 aromatic heterocycles. The molecule has 12 rings (SSSR count). The summed E-state index contributed by atoms with van der Waals surface area (Å²) in [6.07, 6.45) is 0. The van der Waals surface area contributed by atoms with Gasteiger partial charge in [-0.1, -0.05) is 140 Å². The second-order valence-electron chi connectivity index (χ2n) is 14.3. The minimum atomic E-state index is 0.594. The molecule has 6 heteroatoms. The molecule has 0 bridgehead atoms. The van der Waals surface area contributed by atoms with Crippen molar-refractivity contribution in [2.24, 2.45) is 0 Å². The van der Waals surface area contributed by atoms with Crippen molar-refractivity contribution >= 4 is 75.4 Å². The van der Waals surface area contributed by atoms with E-state index in [-0.39, 0.29) is 0 Å². The lowest BCUT2D eigenvalue weighted by atomic mass is 9.94. The number of fused-ring (bicyclic) bond motifs is 9. The number of nitrogens with zero attached hydrogens (tertiary/aromatic N) is 3. The Bertz CT molecular complexity index is 3530. The van der Waals surface area contributed by atoms with Gasteiger partial charge in [0.1, 0.15) is 22.3 Å². The molecule has 4 heterocycles. The maximum Gasteiger partial charge on any atom is 0.164 e. The molecule has 0 unspecified atom stereocenters. The first-order valence-corrected chi connectivity index (χ1v) is 19.7. The van der Waals surface area contributed by atoms with E-state index in [4.69, 9.17) is 23.8 Å². The van der Waals surface area contributed by atoms with Gasteiger partial charge in [0.25, 0.3) is 0 Å². The summed E-state index contributed by atoms with van der Waals surface area (Å²) in [6, 6.07) is 60.9. The van der Waals surface area contributed by atoms with Gasteiger partial charge in [0.05, 0.1) is 0 Å². The zero-order chi connectivity index (χ0) is 37.5. The molecule has 0 aliphatic carbocycles. The highest BCUT2D eigenvalue weighted by molar-refractivity contribution is 7.25. The number of para-hydroxylation sites is 2. The van der Waals surface area contributed by atoms with Crippen molar-refractivity contribution in [3.8, 4) is 56.4 Å². The largest absolute Gasteiger partial charge is 0.456 e. The zero-order valence-corrected chi connectivity index (χ0v) is 31.1. The summed E-state index contributed by atoms with van der Waals surface area (Å²) in [5, 5.41) is 6.78. The van der Waals surface area contributed by atoms with Crippen LogP contribution in [-0.2, 0) is 0 Å². The summed E-state index contributed by atoms with van der Waals surface area (Å²) < 4.78 is 15.5. The topological polar surface area (TPSA) is 65.0 Å². The highest BCUT2D eigenvalue weighted by Gasteiger charge is 2.20. The Morgan fingerprint density at radius 2 is 0.912 bits per heavy atom. The van der Waals surface area contributed by atoms with Crippen molar-refractivity contribution in [2.45, 2.75) is 0 Å². The predicted molar refractivity (Wildman–Crippen MR) is 234 cm³/mol. The van der Waals surface area contributed by atoms with Gasteiger partial charge < -0.3 is 8.83 Å². The molecule has 57 heavy (non-hydrogen) atoms. The first-order chi connectivity index (χ1) is 28.2. The van der Waals surface area contributed by atoms with Crippen molar-refractivity contribution < 1.29 is 8.83 Å². The van der Waals surface area contributed by atoms with Gasteiger partial charge in [-0.05, 0) is 53.1 Å². The van der Waals surface area contributed by atoms with Gasteiger partial charge in [0.2, 0.25) is 0 Å². The molecular formula is C51H29N3O2S. The summed E-state index contributed by atoms with van der Waals surface area (Å²) in [7, 11) is 0. The Kier molecular flexibility index (Phi) is 7.03. The normalized spacial score (nSPS) is 11.9. The van der Waals surface area contributed by atoms with E-state index in [0.717, 1.165) is 82.8 Å². The highest BCUT2D eigenvalue weighted by atomic mass is 32.1. The van der Waals surface area contributed by atoms with E-state index in [2.05, 4.69) is 109 Å². The monoisotopic (exact) mass is 747 g/mol. The molecule has 8 aromatic carbocycles. The molecule has 0 saturated heterocycles. The van der Waals surface area contributed by atoms with Crippen LogP contribution in [0.4, 0.5) is 0 Å². The summed E-state index contributed by atoms with van der Waals surface area (Å²) in [6.45, 7) is 0. The average Bonchev–Trinajstić information content (AvgIpc) is 3.98. The molecule has 0 radical (unpaired) electrons. The lowest BCUT2D eigenvalue weighted by Gasteiger charge is -2.11. The molecule has 0 aliphatic rings. The van der Waals surface area contributed by atoms with Crippen LogP contribution in [0.1, 0.15) is 0 Å². The average molecular weight is 748 g/mol. The van der Waals surface area contributed by atoms with Gasteiger partial charge in [0.15, 0.2) is 17.5 Å². The molecule has 266 valence electrons. The molecule has 0 saturated carbocycles. The molecule has 0 aliphatic heterocycles. The van der Waals surface area contributed by atoms with Crippen molar-refractivity contribution in [1.29, 1.82) is 0 Å². The van der Waals surface area contributed by atoms with Crippen LogP contribution in [0.25, 0.3) is 120 Å². The molecular weight excluding hydrogens is 719 g/mol. The smallest absolute Gasteiger partial charge is 0.164 e. The van der Waals surface area contributed by atoms with Crippen molar-refractivity contribution in [2.75, 3.05) is 0 Å². The molecule has 0 amide bonds. The van der Waals surface area contributed by atoms with Gasteiger partial charge in [-0.15, -0.1) is 11.3 Å². The fourth-order valence-corrected chi connectivity index (χ4v) is 9.44. The lowest BCUT2D eigenvalue weighted by molar-refractivity contribution is 0.669. The van der Waals surface area contributed by atoms with Crippen molar-refractivity contribution in [1.82, 2.24) is 15.0 Å². The van der Waals surface area contributed by atoms with E-state index in [1.54, 1.807) is 0 Å².